The summed E-state index contributed by atoms with van der Waals surface area (Å²) in [5.41, 5.74) is 4.03. The normalized spacial score (nSPS) is 15.7. The van der Waals surface area contributed by atoms with E-state index in [0.29, 0.717) is 11.6 Å². The minimum absolute atomic E-state index is 0.369. The van der Waals surface area contributed by atoms with Gasteiger partial charge in [-0.15, -0.1) is 0 Å². The highest BCUT2D eigenvalue weighted by Crippen LogP contribution is 2.30. The lowest BCUT2D eigenvalue weighted by Crippen LogP contribution is -2.21. The quantitative estimate of drug-likeness (QED) is 0.867. The molecular formula is C20H28N2O2. The molecule has 1 aliphatic heterocycles. The monoisotopic (exact) mass is 328 g/mol. The minimum atomic E-state index is -0.839. The van der Waals surface area contributed by atoms with E-state index in [0.717, 1.165) is 30.3 Å². The van der Waals surface area contributed by atoms with Crippen molar-refractivity contribution in [1.82, 2.24) is 9.47 Å². The number of carboxylic acid groups (broad SMARTS) is 1. The molecule has 0 aliphatic carbocycles. The molecule has 4 nitrogen and oxygen atoms in total. The zero-order valence-electron chi connectivity index (χ0n) is 15.0. The van der Waals surface area contributed by atoms with E-state index in [9.17, 15) is 9.90 Å². The molecule has 0 amide bonds. The average Bonchev–Trinajstić information content (AvgIpc) is 3.19. The van der Waals surface area contributed by atoms with Crippen molar-refractivity contribution in [3.8, 4) is 0 Å². The summed E-state index contributed by atoms with van der Waals surface area (Å²) in [4.78, 5) is 14.0. The van der Waals surface area contributed by atoms with Crippen molar-refractivity contribution in [1.29, 1.82) is 0 Å². The van der Waals surface area contributed by atoms with Gasteiger partial charge in [0.1, 0.15) is 0 Å². The highest BCUT2D eigenvalue weighted by atomic mass is 16.4. The molecule has 0 saturated carbocycles. The van der Waals surface area contributed by atoms with Crippen LogP contribution < -0.4 is 0 Å². The van der Waals surface area contributed by atoms with Crippen molar-refractivity contribution in [2.24, 2.45) is 0 Å². The van der Waals surface area contributed by atoms with E-state index in [2.05, 4.69) is 36.4 Å². The summed E-state index contributed by atoms with van der Waals surface area (Å²) in [7, 11) is 0. The highest BCUT2D eigenvalue weighted by molar-refractivity contribution is 5.96. The molecular weight excluding hydrogens is 300 g/mol. The van der Waals surface area contributed by atoms with Crippen LogP contribution in [0.5, 0.6) is 0 Å². The van der Waals surface area contributed by atoms with Gasteiger partial charge in [0, 0.05) is 24.2 Å². The third-order valence-corrected chi connectivity index (χ3v) is 5.17. The second-order valence-electron chi connectivity index (χ2n) is 7.14. The first-order chi connectivity index (χ1) is 11.5. The third-order valence-electron chi connectivity index (χ3n) is 5.17. The Labute approximate surface area is 144 Å². The van der Waals surface area contributed by atoms with Gasteiger partial charge in [-0.2, -0.15) is 0 Å². The predicted molar refractivity (Wildman–Crippen MR) is 98.0 cm³/mol. The second kappa shape index (κ2) is 6.98. The molecule has 0 atom stereocenters. The Bertz CT molecular complexity index is 740. The Balaban J connectivity index is 2.06. The summed E-state index contributed by atoms with van der Waals surface area (Å²) in [6.45, 7) is 9.94. The molecule has 3 rings (SSSR count). The standard InChI is InChI=1S/C20H28N2O2/c1-4-15-11-17(20(23)24)12-18-16(7-10-21-8-5-6-9-21)13-22(14(2)3)19(15)18/h11-14H,4-10H2,1-3H3,(H,23,24). The van der Waals surface area contributed by atoms with Gasteiger partial charge in [-0.1, -0.05) is 6.92 Å². The van der Waals surface area contributed by atoms with Gasteiger partial charge in [0.2, 0.25) is 0 Å². The van der Waals surface area contributed by atoms with Gasteiger partial charge in [-0.25, -0.2) is 4.79 Å². The van der Waals surface area contributed by atoms with Crippen molar-refractivity contribution >= 4 is 16.9 Å². The van der Waals surface area contributed by atoms with Crippen molar-refractivity contribution in [2.45, 2.75) is 52.5 Å². The molecule has 1 N–H and O–H groups in total. The highest BCUT2D eigenvalue weighted by Gasteiger charge is 2.18. The van der Waals surface area contributed by atoms with Crippen LogP contribution in [0.4, 0.5) is 0 Å². The van der Waals surface area contributed by atoms with Crippen LogP contribution in [-0.2, 0) is 12.8 Å². The van der Waals surface area contributed by atoms with Crippen molar-refractivity contribution in [3.63, 3.8) is 0 Å². The Morgan fingerprint density at radius 3 is 2.50 bits per heavy atom. The van der Waals surface area contributed by atoms with Crippen LogP contribution in [0.3, 0.4) is 0 Å². The summed E-state index contributed by atoms with van der Waals surface area (Å²) in [6, 6.07) is 4.08. The summed E-state index contributed by atoms with van der Waals surface area (Å²) in [5, 5.41) is 10.6. The number of carboxylic acids is 1. The zero-order valence-corrected chi connectivity index (χ0v) is 15.0. The van der Waals surface area contributed by atoms with Gasteiger partial charge in [0.15, 0.2) is 0 Å². The van der Waals surface area contributed by atoms with Gasteiger partial charge < -0.3 is 14.6 Å². The maximum Gasteiger partial charge on any atom is 0.335 e. The number of benzene rings is 1. The lowest BCUT2D eigenvalue weighted by molar-refractivity contribution is 0.0697. The Hall–Kier alpha value is -1.81. The summed E-state index contributed by atoms with van der Waals surface area (Å²) in [5.74, 6) is -0.839. The number of nitrogens with zero attached hydrogens (tertiary/aromatic N) is 2. The van der Waals surface area contributed by atoms with E-state index in [4.69, 9.17) is 0 Å². The number of aryl methyl sites for hydroxylation is 1. The molecule has 1 aromatic carbocycles. The molecule has 0 bridgehead atoms. The Kier molecular flexibility index (Phi) is 4.95. The maximum atomic E-state index is 11.5. The number of aromatic nitrogens is 1. The van der Waals surface area contributed by atoms with E-state index in [-0.39, 0.29) is 0 Å². The van der Waals surface area contributed by atoms with Crippen LogP contribution in [0.2, 0.25) is 0 Å². The number of rotatable bonds is 6. The van der Waals surface area contributed by atoms with E-state index < -0.39 is 5.97 Å². The first-order valence-electron chi connectivity index (χ1n) is 9.13. The lowest BCUT2D eigenvalue weighted by atomic mass is 10.0. The fourth-order valence-corrected chi connectivity index (χ4v) is 3.83. The second-order valence-corrected chi connectivity index (χ2v) is 7.14. The molecule has 1 fully saturated rings. The van der Waals surface area contributed by atoms with Gasteiger partial charge in [-0.3, -0.25) is 0 Å². The molecule has 1 aromatic heterocycles. The van der Waals surface area contributed by atoms with Crippen LogP contribution >= 0.6 is 0 Å². The summed E-state index contributed by atoms with van der Waals surface area (Å²) < 4.78 is 2.32. The molecule has 2 heterocycles. The molecule has 0 spiro atoms. The van der Waals surface area contributed by atoms with Crippen LogP contribution in [0.25, 0.3) is 10.9 Å². The van der Waals surface area contributed by atoms with Gasteiger partial charge >= 0.3 is 5.97 Å². The number of likely N-dealkylation sites (tertiary alicyclic amines) is 1. The number of aromatic carboxylic acids is 1. The number of fused-ring (bicyclic) bond motifs is 1. The molecule has 4 heteroatoms. The van der Waals surface area contributed by atoms with Crippen molar-refractivity contribution in [3.05, 3.63) is 35.0 Å². The number of hydrogen-bond acceptors (Lipinski definition) is 2. The van der Waals surface area contributed by atoms with Gasteiger partial charge in [0.25, 0.3) is 0 Å². The van der Waals surface area contributed by atoms with Crippen LogP contribution in [0, 0.1) is 0 Å². The summed E-state index contributed by atoms with van der Waals surface area (Å²) in [6.07, 6.45) is 6.69. The van der Waals surface area contributed by atoms with E-state index in [1.165, 1.54) is 37.0 Å². The maximum absolute atomic E-state index is 11.5. The first-order valence-corrected chi connectivity index (χ1v) is 9.13. The molecule has 24 heavy (non-hydrogen) atoms. The SMILES string of the molecule is CCc1cc(C(=O)O)cc2c(CCN3CCCC3)cn(C(C)C)c12. The molecule has 1 aliphatic rings. The van der Waals surface area contributed by atoms with E-state index >= 15 is 0 Å². The van der Waals surface area contributed by atoms with Crippen LogP contribution in [0.15, 0.2) is 18.3 Å². The largest absolute Gasteiger partial charge is 0.478 e. The van der Waals surface area contributed by atoms with Crippen molar-refractivity contribution in [2.75, 3.05) is 19.6 Å². The smallest absolute Gasteiger partial charge is 0.335 e. The molecule has 130 valence electrons. The fraction of sp³-hybridized carbons (Fsp3) is 0.550. The molecule has 2 aromatic rings. The van der Waals surface area contributed by atoms with E-state index in [1.807, 2.05) is 12.1 Å². The predicted octanol–water partition coefficient (Wildman–Crippen LogP) is 4.12. The van der Waals surface area contributed by atoms with Crippen LogP contribution in [-0.4, -0.2) is 40.2 Å². The topological polar surface area (TPSA) is 45.5 Å². The average molecular weight is 328 g/mol. The molecule has 1 saturated heterocycles. The number of carbonyl (C=O) groups is 1. The first kappa shape index (κ1) is 17.0. The fourth-order valence-electron chi connectivity index (χ4n) is 3.83. The Morgan fingerprint density at radius 1 is 1.21 bits per heavy atom. The minimum Gasteiger partial charge on any atom is -0.478 e. The van der Waals surface area contributed by atoms with Crippen LogP contribution in [0.1, 0.15) is 61.1 Å². The Morgan fingerprint density at radius 2 is 1.92 bits per heavy atom. The number of hydrogen-bond donors (Lipinski definition) is 1. The lowest BCUT2D eigenvalue weighted by Gasteiger charge is -2.13. The van der Waals surface area contributed by atoms with Gasteiger partial charge in [0.05, 0.1) is 11.1 Å². The van der Waals surface area contributed by atoms with Crippen molar-refractivity contribution < 1.29 is 9.90 Å². The zero-order chi connectivity index (χ0) is 17.3. The van der Waals surface area contributed by atoms with E-state index in [1.54, 1.807) is 0 Å². The molecule has 0 unspecified atom stereocenters. The summed E-state index contributed by atoms with van der Waals surface area (Å²) >= 11 is 0. The van der Waals surface area contributed by atoms with Gasteiger partial charge in [-0.05, 0) is 75.9 Å². The molecule has 0 radical (unpaired) electrons. The third kappa shape index (κ3) is 3.20.